The summed E-state index contributed by atoms with van der Waals surface area (Å²) in [6.45, 7) is 7.11. The van der Waals surface area contributed by atoms with Gasteiger partial charge in [-0.2, -0.15) is 0 Å². The molecule has 0 aromatic heterocycles. The topological polar surface area (TPSA) is 57.7 Å². The molecule has 1 amide bonds. The lowest BCUT2D eigenvalue weighted by Gasteiger charge is -2.36. The molecule has 1 saturated heterocycles. The number of anilines is 1. The Labute approximate surface area is 139 Å². The number of carbonyl (C=O) groups is 1. The molecule has 0 radical (unpaired) electrons. The Balaban J connectivity index is 2.30. The number of hydrogen-bond donors (Lipinski definition) is 0. The highest BCUT2D eigenvalue weighted by Gasteiger charge is 2.33. The van der Waals surface area contributed by atoms with Crippen molar-refractivity contribution >= 4 is 21.6 Å². The van der Waals surface area contributed by atoms with Gasteiger partial charge in [-0.1, -0.05) is 19.1 Å². The zero-order valence-corrected chi connectivity index (χ0v) is 15.1. The van der Waals surface area contributed by atoms with Gasteiger partial charge in [0.1, 0.15) is 6.04 Å². The van der Waals surface area contributed by atoms with E-state index in [0.29, 0.717) is 24.7 Å². The summed E-state index contributed by atoms with van der Waals surface area (Å²) >= 11 is 0. The second kappa shape index (κ2) is 6.91. The number of piperidine rings is 1. The van der Waals surface area contributed by atoms with Crippen LogP contribution in [-0.2, 0) is 14.8 Å². The van der Waals surface area contributed by atoms with Gasteiger partial charge in [0.15, 0.2) is 0 Å². The molecule has 0 bridgehead atoms. The molecular weight excluding hydrogens is 312 g/mol. The maximum Gasteiger partial charge on any atom is 0.246 e. The zero-order chi connectivity index (χ0) is 17.2. The third kappa shape index (κ3) is 4.25. The number of sulfonamides is 1. The van der Waals surface area contributed by atoms with Crippen LogP contribution in [0.2, 0.25) is 0 Å². The summed E-state index contributed by atoms with van der Waals surface area (Å²) in [6.07, 6.45) is 3.24. The monoisotopic (exact) mass is 338 g/mol. The first-order valence-electron chi connectivity index (χ1n) is 8.05. The SMILES string of the molecule is Cc1cccc(N([C@H](C)C(=O)N2CCC[C@@H](C)C2)S(C)(=O)=O)c1. The summed E-state index contributed by atoms with van der Waals surface area (Å²) in [4.78, 5) is 14.6. The molecule has 1 heterocycles. The summed E-state index contributed by atoms with van der Waals surface area (Å²) in [7, 11) is -3.55. The minimum atomic E-state index is -3.55. The van der Waals surface area contributed by atoms with Crippen LogP contribution in [0.15, 0.2) is 24.3 Å². The number of amides is 1. The van der Waals surface area contributed by atoms with Gasteiger partial charge in [0, 0.05) is 13.1 Å². The summed E-state index contributed by atoms with van der Waals surface area (Å²) in [5.74, 6) is 0.342. The minimum Gasteiger partial charge on any atom is -0.341 e. The van der Waals surface area contributed by atoms with E-state index < -0.39 is 16.1 Å². The highest BCUT2D eigenvalue weighted by Crippen LogP contribution is 2.24. The molecule has 1 aromatic carbocycles. The Kier molecular flexibility index (Phi) is 5.34. The first-order valence-corrected chi connectivity index (χ1v) is 9.90. The largest absolute Gasteiger partial charge is 0.341 e. The molecule has 0 saturated carbocycles. The fourth-order valence-electron chi connectivity index (χ4n) is 3.22. The van der Waals surface area contributed by atoms with Crippen molar-refractivity contribution in [3.63, 3.8) is 0 Å². The lowest BCUT2D eigenvalue weighted by atomic mass is 10.00. The molecule has 0 aliphatic carbocycles. The Hall–Kier alpha value is -1.56. The Morgan fingerprint density at radius 3 is 2.65 bits per heavy atom. The predicted octanol–water partition coefficient (Wildman–Crippen LogP) is 2.41. The molecule has 5 nitrogen and oxygen atoms in total. The Morgan fingerprint density at radius 2 is 2.09 bits per heavy atom. The number of likely N-dealkylation sites (tertiary alicyclic amines) is 1. The molecule has 1 fully saturated rings. The van der Waals surface area contributed by atoms with Gasteiger partial charge < -0.3 is 4.90 Å². The highest BCUT2D eigenvalue weighted by molar-refractivity contribution is 7.92. The second-order valence-electron chi connectivity index (χ2n) is 6.61. The van der Waals surface area contributed by atoms with Crippen LogP contribution < -0.4 is 4.31 Å². The van der Waals surface area contributed by atoms with Crippen molar-refractivity contribution in [2.75, 3.05) is 23.7 Å². The maximum atomic E-state index is 12.8. The third-order valence-corrected chi connectivity index (χ3v) is 5.53. The van der Waals surface area contributed by atoms with Crippen LogP contribution in [0.25, 0.3) is 0 Å². The van der Waals surface area contributed by atoms with E-state index in [9.17, 15) is 13.2 Å². The first kappa shape index (κ1) is 17.8. The van der Waals surface area contributed by atoms with Crippen LogP contribution in [0.3, 0.4) is 0 Å². The molecule has 0 N–H and O–H groups in total. The molecule has 1 aromatic rings. The number of nitrogens with zero attached hydrogens (tertiary/aromatic N) is 2. The van der Waals surface area contributed by atoms with Gasteiger partial charge in [-0.15, -0.1) is 0 Å². The van der Waals surface area contributed by atoms with Crippen molar-refractivity contribution in [3.8, 4) is 0 Å². The second-order valence-corrected chi connectivity index (χ2v) is 8.46. The van der Waals surface area contributed by atoms with Crippen molar-refractivity contribution in [1.29, 1.82) is 0 Å². The normalized spacial score (nSPS) is 20.2. The summed E-state index contributed by atoms with van der Waals surface area (Å²) in [6, 6.07) is 6.50. The predicted molar refractivity (Wildman–Crippen MR) is 92.9 cm³/mol. The van der Waals surface area contributed by atoms with E-state index >= 15 is 0 Å². The molecule has 2 rings (SSSR count). The lowest BCUT2D eigenvalue weighted by Crippen LogP contribution is -2.51. The molecule has 1 aliphatic rings. The average molecular weight is 338 g/mol. The van der Waals surface area contributed by atoms with E-state index in [1.807, 2.05) is 19.1 Å². The summed E-state index contributed by atoms with van der Waals surface area (Å²) in [5, 5.41) is 0. The van der Waals surface area contributed by atoms with E-state index in [2.05, 4.69) is 6.92 Å². The number of rotatable bonds is 4. The van der Waals surface area contributed by atoms with Gasteiger partial charge in [0.05, 0.1) is 11.9 Å². The Morgan fingerprint density at radius 1 is 1.39 bits per heavy atom. The standard InChI is InChI=1S/C17H26N2O3S/c1-13-7-5-9-16(11-13)19(23(4,21)22)15(3)17(20)18-10-6-8-14(2)12-18/h5,7,9,11,14-15H,6,8,10,12H2,1-4H3/t14-,15-/m1/s1. The molecule has 0 unspecified atom stereocenters. The zero-order valence-electron chi connectivity index (χ0n) is 14.3. The van der Waals surface area contributed by atoms with Crippen molar-refractivity contribution in [3.05, 3.63) is 29.8 Å². The van der Waals surface area contributed by atoms with Gasteiger partial charge in [-0.25, -0.2) is 8.42 Å². The fraction of sp³-hybridized carbons (Fsp3) is 0.588. The van der Waals surface area contributed by atoms with E-state index in [1.165, 1.54) is 4.31 Å². The van der Waals surface area contributed by atoms with E-state index in [1.54, 1.807) is 24.0 Å². The van der Waals surface area contributed by atoms with Crippen LogP contribution in [-0.4, -0.2) is 44.6 Å². The van der Waals surface area contributed by atoms with Crippen molar-refractivity contribution in [2.24, 2.45) is 5.92 Å². The molecule has 23 heavy (non-hydrogen) atoms. The smallest absolute Gasteiger partial charge is 0.246 e. The van der Waals surface area contributed by atoms with Gasteiger partial charge in [0.25, 0.3) is 0 Å². The quantitative estimate of drug-likeness (QED) is 0.847. The highest BCUT2D eigenvalue weighted by atomic mass is 32.2. The van der Waals surface area contributed by atoms with Crippen molar-refractivity contribution in [1.82, 2.24) is 4.90 Å². The summed E-state index contributed by atoms with van der Waals surface area (Å²) < 4.78 is 25.8. The van der Waals surface area contributed by atoms with E-state index in [0.717, 1.165) is 24.7 Å². The third-order valence-electron chi connectivity index (χ3n) is 4.29. The molecule has 6 heteroatoms. The number of aryl methyl sites for hydroxylation is 1. The molecule has 0 spiro atoms. The lowest BCUT2D eigenvalue weighted by molar-refractivity contribution is -0.133. The van der Waals surface area contributed by atoms with Gasteiger partial charge in [0.2, 0.25) is 15.9 Å². The van der Waals surface area contributed by atoms with Crippen LogP contribution in [0, 0.1) is 12.8 Å². The average Bonchev–Trinajstić information content (AvgIpc) is 2.45. The first-order chi connectivity index (χ1) is 10.7. The number of benzene rings is 1. The van der Waals surface area contributed by atoms with Gasteiger partial charge in [-0.05, 0) is 50.3 Å². The van der Waals surface area contributed by atoms with Crippen LogP contribution in [0.4, 0.5) is 5.69 Å². The van der Waals surface area contributed by atoms with Gasteiger partial charge >= 0.3 is 0 Å². The number of hydrogen-bond acceptors (Lipinski definition) is 3. The van der Waals surface area contributed by atoms with Gasteiger partial charge in [-0.3, -0.25) is 9.10 Å². The summed E-state index contributed by atoms with van der Waals surface area (Å²) in [5.41, 5.74) is 1.50. The van der Waals surface area contributed by atoms with E-state index in [-0.39, 0.29) is 5.91 Å². The fourth-order valence-corrected chi connectivity index (χ4v) is 4.38. The van der Waals surface area contributed by atoms with Crippen LogP contribution in [0.5, 0.6) is 0 Å². The Bertz CT molecular complexity index is 672. The van der Waals surface area contributed by atoms with Crippen LogP contribution >= 0.6 is 0 Å². The minimum absolute atomic E-state index is 0.122. The maximum absolute atomic E-state index is 12.8. The van der Waals surface area contributed by atoms with E-state index in [4.69, 9.17) is 0 Å². The molecule has 2 atom stereocenters. The molecule has 128 valence electrons. The van der Waals surface area contributed by atoms with Crippen molar-refractivity contribution in [2.45, 2.75) is 39.7 Å². The number of carbonyl (C=O) groups excluding carboxylic acids is 1. The van der Waals surface area contributed by atoms with Crippen LogP contribution in [0.1, 0.15) is 32.3 Å². The molecule has 1 aliphatic heterocycles. The van der Waals surface area contributed by atoms with Crippen molar-refractivity contribution < 1.29 is 13.2 Å². The molecular formula is C17H26N2O3S.